The van der Waals surface area contributed by atoms with Gasteiger partial charge in [0.1, 0.15) is 6.04 Å². The Labute approximate surface area is 147 Å². The Kier molecular flexibility index (Phi) is 5.69. The molecule has 25 heavy (non-hydrogen) atoms. The van der Waals surface area contributed by atoms with Crippen molar-refractivity contribution < 1.29 is 27.6 Å². The van der Waals surface area contributed by atoms with Gasteiger partial charge in [0.15, 0.2) is 0 Å². The first-order valence-electron chi connectivity index (χ1n) is 7.31. The first-order chi connectivity index (χ1) is 11.3. The summed E-state index contributed by atoms with van der Waals surface area (Å²) in [7, 11) is 0. The number of carboxylic acid groups (broad SMARTS) is 1. The van der Waals surface area contributed by atoms with Crippen LogP contribution in [0.15, 0.2) is 28.8 Å². The van der Waals surface area contributed by atoms with Gasteiger partial charge < -0.3 is 9.63 Å². The van der Waals surface area contributed by atoms with Gasteiger partial charge in [0, 0.05) is 5.56 Å². The Bertz CT molecular complexity index is 751. The second kappa shape index (κ2) is 7.40. The van der Waals surface area contributed by atoms with Crippen LogP contribution in [0.2, 0.25) is 0 Å². The van der Waals surface area contributed by atoms with Crippen LogP contribution < -0.4 is 0 Å². The average molecular weight is 378 g/mol. The van der Waals surface area contributed by atoms with Crippen molar-refractivity contribution in [2.75, 3.05) is 6.54 Å². The minimum Gasteiger partial charge on any atom is -0.480 e. The van der Waals surface area contributed by atoms with Crippen molar-refractivity contribution >= 4 is 18.4 Å². The third-order valence-electron chi connectivity index (χ3n) is 3.90. The summed E-state index contributed by atoms with van der Waals surface area (Å²) >= 11 is 0. The summed E-state index contributed by atoms with van der Waals surface area (Å²) in [4.78, 5) is 16.9. The number of alkyl halides is 3. The van der Waals surface area contributed by atoms with Gasteiger partial charge in [-0.2, -0.15) is 18.2 Å². The van der Waals surface area contributed by atoms with E-state index >= 15 is 0 Å². The molecule has 0 bridgehead atoms. The van der Waals surface area contributed by atoms with Gasteiger partial charge in [0.2, 0.25) is 11.7 Å². The summed E-state index contributed by atoms with van der Waals surface area (Å²) in [5.41, 5.74) is -0.604. The van der Waals surface area contributed by atoms with E-state index in [1.54, 1.807) is 4.90 Å². The molecule has 0 aliphatic carbocycles. The highest BCUT2D eigenvalue weighted by Crippen LogP contribution is 2.31. The Balaban J connectivity index is 0.00000225. The molecule has 1 saturated heterocycles. The third kappa shape index (κ3) is 4.29. The first-order valence-corrected chi connectivity index (χ1v) is 7.31. The molecule has 2 aromatic rings. The van der Waals surface area contributed by atoms with Crippen molar-refractivity contribution in [2.45, 2.75) is 31.6 Å². The molecule has 1 atom stereocenters. The largest absolute Gasteiger partial charge is 0.480 e. The maximum Gasteiger partial charge on any atom is 0.416 e. The summed E-state index contributed by atoms with van der Waals surface area (Å²) in [6.07, 6.45) is -3.15. The quantitative estimate of drug-likeness (QED) is 0.881. The molecular weight excluding hydrogens is 363 g/mol. The van der Waals surface area contributed by atoms with Gasteiger partial charge >= 0.3 is 12.1 Å². The highest BCUT2D eigenvalue weighted by molar-refractivity contribution is 5.85. The zero-order valence-electron chi connectivity index (χ0n) is 12.9. The molecule has 10 heteroatoms. The molecule has 0 radical (unpaired) electrons. The molecule has 136 valence electrons. The smallest absolute Gasteiger partial charge is 0.416 e. The minimum atomic E-state index is -4.45. The fourth-order valence-corrected chi connectivity index (χ4v) is 2.74. The number of carbonyl (C=O) groups is 1. The van der Waals surface area contributed by atoms with Crippen LogP contribution in [0.5, 0.6) is 0 Å². The molecule has 1 aliphatic heterocycles. The highest BCUT2D eigenvalue weighted by Gasteiger charge is 2.32. The number of hydrogen-bond donors (Lipinski definition) is 1. The SMILES string of the molecule is Cl.O=C(O)C1CCCN1Cc1nc(-c2cccc(C(F)(F)F)c2)no1. The van der Waals surface area contributed by atoms with E-state index in [1.807, 2.05) is 0 Å². The van der Waals surface area contributed by atoms with Crippen molar-refractivity contribution in [3.63, 3.8) is 0 Å². The molecule has 0 saturated carbocycles. The number of rotatable bonds is 4. The lowest BCUT2D eigenvalue weighted by Crippen LogP contribution is -2.35. The number of aromatic nitrogens is 2. The Morgan fingerprint density at radius 2 is 2.16 bits per heavy atom. The van der Waals surface area contributed by atoms with Crippen LogP contribution in [-0.4, -0.2) is 38.7 Å². The molecular formula is C15H15ClF3N3O3. The van der Waals surface area contributed by atoms with Gasteiger partial charge in [-0.3, -0.25) is 9.69 Å². The molecule has 1 N–H and O–H groups in total. The van der Waals surface area contributed by atoms with Crippen molar-refractivity contribution in [1.82, 2.24) is 15.0 Å². The summed E-state index contributed by atoms with van der Waals surface area (Å²) in [5, 5.41) is 12.8. The second-order valence-electron chi connectivity index (χ2n) is 5.56. The van der Waals surface area contributed by atoms with Gasteiger partial charge in [-0.05, 0) is 31.5 Å². The van der Waals surface area contributed by atoms with Crippen molar-refractivity contribution in [3.8, 4) is 11.4 Å². The summed E-state index contributed by atoms with van der Waals surface area (Å²) in [5.74, 6) is -0.692. The summed E-state index contributed by atoms with van der Waals surface area (Å²) in [6.45, 7) is 0.751. The van der Waals surface area contributed by atoms with Gasteiger partial charge in [-0.1, -0.05) is 17.3 Å². The van der Waals surface area contributed by atoms with Gasteiger partial charge in [0.25, 0.3) is 0 Å². The van der Waals surface area contributed by atoms with E-state index in [2.05, 4.69) is 10.1 Å². The Hall–Kier alpha value is -2.13. The van der Waals surface area contributed by atoms with E-state index in [1.165, 1.54) is 12.1 Å². The molecule has 6 nitrogen and oxygen atoms in total. The number of hydrogen-bond acceptors (Lipinski definition) is 5. The van der Waals surface area contributed by atoms with Crippen LogP contribution in [0.25, 0.3) is 11.4 Å². The zero-order valence-corrected chi connectivity index (χ0v) is 13.7. The van der Waals surface area contributed by atoms with Gasteiger partial charge in [-0.15, -0.1) is 12.4 Å². The van der Waals surface area contributed by atoms with Gasteiger partial charge in [0.05, 0.1) is 12.1 Å². The monoisotopic (exact) mass is 377 g/mol. The number of halogens is 4. The first kappa shape index (κ1) is 19.2. The summed E-state index contributed by atoms with van der Waals surface area (Å²) < 4.78 is 43.3. The fraction of sp³-hybridized carbons (Fsp3) is 0.400. The Morgan fingerprint density at radius 1 is 1.40 bits per heavy atom. The third-order valence-corrected chi connectivity index (χ3v) is 3.90. The lowest BCUT2D eigenvalue weighted by atomic mass is 10.1. The molecule has 2 heterocycles. The highest BCUT2D eigenvalue weighted by atomic mass is 35.5. The second-order valence-corrected chi connectivity index (χ2v) is 5.56. The van der Waals surface area contributed by atoms with Crippen LogP contribution in [-0.2, 0) is 17.5 Å². The van der Waals surface area contributed by atoms with Crippen molar-refractivity contribution in [3.05, 3.63) is 35.7 Å². The van der Waals surface area contributed by atoms with Crippen molar-refractivity contribution in [1.29, 1.82) is 0 Å². The zero-order chi connectivity index (χ0) is 17.3. The molecule has 1 fully saturated rings. The van der Waals surface area contributed by atoms with E-state index in [0.717, 1.165) is 18.6 Å². The van der Waals surface area contributed by atoms with Crippen LogP contribution in [0.4, 0.5) is 13.2 Å². The van der Waals surface area contributed by atoms with E-state index in [4.69, 9.17) is 9.63 Å². The van der Waals surface area contributed by atoms with Crippen LogP contribution >= 0.6 is 12.4 Å². The van der Waals surface area contributed by atoms with Crippen LogP contribution in [0, 0.1) is 0 Å². The average Bonchev–Trinajstić information content (AvgIpc) is 3.16. The van der Waals surface area contributed by atoms with E-state index in [9.17, 15) is 18.0 Å². The van der Waals surface area contributed by atoms with Crippen molar-refractivity contribution in [2.24, 2.45) is 0 Å². The lowest BCUT2D eigenvalue weighted by Gasteiger charge is -2.18. The molecule has 0 spiro atoms. The maximum atomic E-state index is 12.8. The fourth-order valence-electron chi connectivity index (χ4n) is 2.74. The van der Waals surface area contributed by atoms with E-state index < -0.39 is 23.8 Å². The normalized spacial score (nSPS) is 18.1. The molecule has 1 unspecified atom stereocenters. The molecule has 1 aromatic heterocycles. The van der Waals surface area contributed by atoms with Crippen LogP contribution in [0.1, 0.15) is 24.3 Å². The summed E-state index contributed by atoms with van der Waals surface area (Å²) in [6, 6.07) is 4.04. The number of likely N-dealkylation sites (tertiary alicyclic amines) is 1. The topological polar surface area (TPSA) is 79.5 Å². The molecule has 1 aromatic carbocycles. The standard InChI is InChI=1S/C15H14F3N3O3.ClH/c16-15(17,18)10-4-1-3-9(7-10)13-19-12(24-20-13)8-21-6-2-5-11(21)14(22)23;/h1,3-4,7,11H,2,5-6,8H2,(H,22,23);1H. The predicted octanol–water partition coefficient (Wildman–Crippen LogP) is 3.23. The Morgan fingerprint density at radius 3 is 2.84 bits per heavy atom. The number of aliphatic carboxylic acids is 1. The lowest BCUT2D eigenvalue weighted by molar-refractivity contribution is -0.142. The minimum absolute atomic E-state index is 0. The van der Waals surface area contributed by atoms with E-state index in [-0.39, 0.29) is 36.2 Å². The number of nitrogens with zero attached hydrogens (tertiary/aromatic N) is 3. The van der Waals surface area contributed by atoms with Crippen LogP contribution in [0.3, 0.4) is 0 Å². The molecule has 3 rings (SSSR count). The van der Waals surface area contributed by atoms with Gasteiger partial charge in [-0.25, -0.2) is 0 Å². The number of benzene rings is 1. The molecule has 1 aliphatic rings. The number of carboxylic acids is 1. The predicted molar refractivity (Wildman–Crippen MR) is 83.1 cm³/mol. The van der Waals surface area contributed by atoms with E-state index in [0.29, 0.717) is 13.0 Å². The molecule has 0 amide bonds. The maximum absolute atomic E-state index is 12.8.